The summed E-state index contributed by atoms with van der Waals surface area (Å²) in [5, 5.41) is 9.21. The molecule has 0 atom stereocenters. The quantitative estimate of drug-likeness (QED) is 0.280. The Bertz CT molecular complexity index is 1460. The number of halogens is 1. The molecule has 4 aromatic carbocycles. The third-order valence-corrected chi connectivity index (χ3v) is 6.62. The molecular weight excluding hydrogens is 458 g/mol. The average Bonchev–Trinajstić information content (AvgIpc) is 3.23. The van der Waals surface area contributed by atoms with E-state index in [4.69, 9.17) is 28.8 Å². The van der Waals surface area contributed by atoms with Gasteiger partial charge in [-0.25, -0.2) is 4.98 Å². The highest BCUT2D eigenvalue weighted by Gasteiger charge is 2.13. The maximum Gasteiger partial charge on any atom is 0.258 e. The second-order valence-corrected chi connectivity index (χ2v) is 8.96. The van der Waals surface area contributed by atoms with Crippen molar-refractivity contribution in [2.75, 3.05) is 5.32 Å². The van der Waals surface area contributed by atoms with Crippen molar-refractivity contribution in [1.82, 2.24) is 10.3 Å². The van der Waals surface area contributed by atoms with Gasteiger partial charge in [0.05, 0.1) is 10.2 Å². The molecule has 1 aromatic heterocycles. The Morgan fingerprint density at radius 2 is 1.69 bits per heavy atom. The number of aromatic nitrogens is 1. The average molecular weight is 474 g/mol. The molecule has 0 unspecified atom stereocenters. The number of hydrogen-bond donors (Lipinski definition) is 2. The van der Waals surface area contributed by atoms with Crippen LogP contribution in [0.25, 0.3) is 31.6 Å². The molecule has 0 saturated carbocycles. The minimum Gasteiger partial charge on any atom is -0.332 e. The molecule has 0 aliphatic heterocycles. The van der Waals surface area contributed by atoms with E-state index in [-0.39, 0.29) is 11.0 Å². The lowest BCUT2D eigenvalue weighted by Crippen LogP contribution is -2.34. The summed E-state index contributed by atoms with van der Waals surface area (Å²) in [5.41, 5.74) is 3.24. The predicted octanol–water partition coefficient (Wildman–Crippen LogP) is 6.90. The number of rotatable bonds is 3. The van der Waals surface area contributed by atoms with Crippen LogP contribution in [0.15, 0.2) is 84.9 Å². The zero-order valence-corrected chi connectivity index (χ0v) is 19.0. The number of benzene rings is 4. The van der Waals surface area contributed by atoms with Gasteiger partial charge < -0.3 is 5.32 Å². The van der Waals surface area contributed by atoms with Crippen LogP contribution in [-0.4, -0.2) is 16.0 Å². The summed E-state index contributed by atoms with van der Waals surface area (Å²) in [4.78, 5) is 17.6. The van der Waals surface area contributed by atoms with Gasteiger partial charge in [-0.15, -0.1) is 11.3 Å². The Labute approximate surface area is 198 Å². The van der Waals surface area contributed by atoms with Gasteiger partial charge in [0.1, 0.15) is 5.01 Å². The number of carbonyl (C=O) groups is 1. The lowest BCUT2D eigenvalue weighted by atomic mass is 10.0. The maximum atomic E-state index is 12.9. The highest BCUT2D eigenvalue weighted by atomic mass is 35.5. The lowest BCUT2D eigenvalue weighted by Gasteiger charge is -2.12. The number of thiazole rings is 1. The molecule has 0 fully saturated rings. The Morgan fingerprint density at radius 1 is 0.906 bits per heavy atom. The SMILES string of the molecule is O=C(NC(=S)Nc1cccc(-c2nc3ccccc3s2)c1)c1cccc2c(Cl)cccc12. The van der Waals surface area contributed by atoms with E-state index >= 15 is 0 Å². The van der Waals surface area contributed by atoms with Crippen LogP contribution in [0.5, 0.6) is 0 Å². The Kier molecular flexibility index (Phi) is 5.57. The van der Waals surface area contributed by atoms with E-state index in [2.05, 4.69) is 16.7 Å². The van der Waals surface area contributed by atoms with Crippen molar-refractivity contribution < 1.29 is 4.79 Å². The van der Waals surface area contributed by atoms with Crippen molar-refractivity contribution in [1.29, 1.82) is 0 Å². The first-order chi connectivity index (χ1) is 15.6. The summed E-state index contributed by atoms with van der Waals surface area (Å²) in [6.45, 7) is 0. The number of fused-ring (bicyclic) bond motifs is 2. The lowest BCUT2D eigenvalue weighted by molar-refractivity contribution is 0.0979. The minimum atomic E-state index is -0.294. The smallest absolute Gasteiger partial charge is 0.258 e. The zero-order valence-electron chi connectivity index (χ0n) is 16.6. The fourth-order valence-corrected chi connectivity index (χ4v) is 4.94. The van der Waals surface area contributed by atoms with E-state index in [0.29, 0.717) is 10.6 Å². The number of amides is 1. The normalized spacial score (nSPS) is 10.9. The second-order valence-electron chi connectivity index (χ2n) is 7.12. The summed E-state index contributed by atoms with van der Waals surface area (Å²) in [7, 11) is 0. The molecule has 1 amide bonds. The van der Waals surface area contributed by atoms with Gasteiger partial charge in [-0.2, -0.15) is 0 Å². The van der Waals surface area contributed by atoms with Gasteiger partial charge in [0.15, 0.2) is 5.11 Å². The minimum absolute atomic E-state index is 0.218. The molecule has 5 rings (SSSR count). The van der Waals surface area contributed by atoms with Crippen LogP contribution in [-0.2, 0) is 0 Å². The molecule has 156 valence electrons. The van der Waals surface area contributed by atoms with Crippen LogP contribution in [0.1, 0.15) is 10.4 Å². The number of carbonyl (C=O) groups excluding carboxylic acids is 1. The number of hydrogen-bond acceptors (Lipinski definition) is 4. The van der Waals surface area contributed by atoms with Gasteiger partial charge in [-0.05, 0) is 54.0 Å². The summed E-state index contributed by atoms with van der Waals surface area (Å²) in [6, 6.07) is 26.8. The number of nitrogens with zero attached hydrogens (tertiary/aromatic N) is 1. The van der Waals surface area contributed by atoms with E-state index in [1.807, 2.05) is 60.7 Å². The van der Waals surface area contributed by atoms with Crippen molar-refractivity contribution in [2.24, 2.45) is 0 Å². The van der Waals surface area contributed by atoms with Crippen LogP contribution in [0.4, 0.5) is 5.69 Å². The number of anilines is 1. The van der Waals surface area contributed by atoms with Gasteiger partial charge in [0.2, 0.25) is 0 Å². The molecular formula is C25H16ClN3OS2. The molecule has 5 aromatic rings. The molecule has 0 spiro atoms. The molecule has 0 bridgehead atoms. The molecule has 7 heteroatoms. The predicted molar refractivity (Wildman–Crippen MR) is 138 cm³/mol. The van der Waals surface area contributed by atoms with E-state index < -0.39 is 0 Å². The summed E-state index contributed by atoms with van der Waals surface area (Å²) in [5.74, 6) is -0.294. The van der Waals surface area contributed by atoms with Crippen molar-refractivity contribution in [3.63, 3.8) is 0 Å². The van der Waals surface area contributed by atoms with Crippen LogP contribution < -0.4 is 10.6 Å². The van der Waals surface area contributed by atoms with E-state index in [1.165, 1.54) is 0 Å². The van der Waals surface area contributed by atoms with Crippen molar-refractivity contribution in [3.8, 4) is 10.6 Å². The fourth-order valence-electron chi connectivity index (χ4n) is 3.53. The number of thiocarbonyl (C=S) groups is 1. The molecule has 32 heavy (non-hydrogen) atoms. The third-order valence-electron chi connectivity index (χ3n) is 5.00. The summed E-state index contributed by atoms with van der Waals surface area (Å²) < 4.78 is 1.14. The standard InChI is InChI=1S/C25H16ClN3OS2/c26-20-11-5-8-17-18(20)9-4-10-19(17)23(30)29-25(31)27-16-7-3-6-15(14-16)24-28-21-12-1-2-13-22(21)32-24/h1-14H,(H2,27,29,30,31). The van der Waals surface area contributed by atoms with Gasteiger partial charge in [0, 0.05) is 27.2 Å². The first-order valence-corrected chi connectivity index (χ1v) is 11.4. The monoisotopic (exact) mass is 473 g/mol. The Hall–Kier alpha value is -3.32. The fraction of sp³-hybridized carbons (Fsp3) is 0. The molecule has 0 aliphatic rings. The van der Waals surface area contributed by atoms with Crippen molar-refractivity contribution in [2.45, 2.75) is 0 Å². The van der Waals surface area contributed by atoms with Crippen molar-refractivity contribution in [3.05, 3.63) is 95.5 Å². The second kappa shape index (κ2) is 8.67. The highest BCUT2D eigenvalue weighted by molar-refractivity contribution is 7.80. The van der Waals surface area contributed by atoms with Crippen LogP contribution in [0, 0.1) is 0 Å². The van der Waals surface area contributed by atoms with Gasteiger partial charge >= 0.3 is 0 Å². The third kappa shape index (κ3) is 4.08. The molecule has 0 saturated heterocycles. The van der Waals surface area contributed by atoms with Crippen LogP contribution in [0.2, 0.25) is 5.02 Å². The van der Waals surface area contributed by atoms with Crippen molar-refractivity contribution >= 4 is 72.9 Å². The van der Waals surface area contributed by atoms with Gasteiger partial charge in [-0.1, -0.05) is 60.1 Å². The van der Waals surface area contributed by atoms with E-state index in [0.717, 1.165) is 37.2 Å². The molecule has 0 aliphatic carbocycles. The van der Waals surface area contributed by atoms with Gasteiger partial charge in [0.25, 0.3) is 5.91 Å². The maximum absolute atomic E-state index is 12.9. The number of nitrogens with one attached hydrogen (secondary N) is 2. The Balaban J connectivity index is 1.34. The molecule has 1 heterocycles. The van der Waals surface area contributed by atoms with Crippen LogP contribution >= 0.6 is 35.2 Å². The van der Waals surface area contributed by atoms with Gasteiger partial charge in [-0.3, -0.25) is 10.1 Å². The largest absolute Gasteiger partial charge is 0.332 e. The first kappa shape index (κ1) is 20.6. The number of para-hydroxylation sites is 1. The van der Waals surface area contributed by atoms with Crippen LogP contribution in [0.3, 0.4) is 0 Å². The van der Waals surface area contributed by atoms with E-state index in [9.17, 15) is 4.79 Å². The highest BCUT2D eigenvalue weighted by Crippen LogP contribution is 2.31. The molecule has 2 N–H and O–H groups in total. The summed E-state index contributed by atoms with van der Waals surface area (Å²) >= 11 is 13.3. The molecule has 4 nitrogen and oxygen atoms in total. The van der Waals surface area contributed by atoms with E-state index in [1.54, 1.807) is 29.5 Å². The molecule has 0 radical (unpaired) electrons. The topological polar surface area (TPSA) is 54.0 Å². The first-order valence-electron chi connectivity index (χ1n) is 9.84. The summed E-state index contributed by atoms with van der Waals surface area (Å²) in [6.07, 6.45) is 0. The zero-order chi connectivity index (χ0) is 22.1. The Morgan fingerprint density at radius 3 is 2.56 bits per heavy atom.